The summed E-state index contributed by atoms with van der Waals surface area (Å²) in [4.78, 5) is 50.2. The Bertz CT molecular complexity index is 2040. The summed E-state index contributed by atoms with van der Waals surface area (Å²) in [6, 6.07) is 13.4. The number of piperazine rings is 1. The number of nitrogens with two attached hydrogens (primary N) is 1. The van der Waals surface area contributed by atoms with Crippen LogP contribution in [-0.2, 0) is 14.3 Å². The van der Waals surface area contributed by atoms with Gasteiger partial charge in [0.25, 0.3) is 5.91 Å². The van der Waals surface area contributed by atoms with Crippen molar-refractivity contribution >= 4 is 35.4 Å². The van der Waals surface area contributed by atoms with Gasteiger partial charge in [-0.25, -0.2) is 13.8 Å². The van der Waals surface area contributed by atoms with Gasteiger partial charge in [-0.2, -0.15) is 8.78 Å². The molecule has 318 valence electrons. The monoisotopic (exact) mass is 821 g/mol. The standard InChI is InChI=1S/C45H55F4N5O5/c1-7-17-53(18-8-2)42(56)33-25-32-14-13-31(26-36(32)51-37(50)27-33)29-9-11-30(12-10-29)41(55)54-22-20-52(21-23-54)19-15-45(5,6)58-24-16-44(3,4)43(57)59-40-38(48)34(46)28-35(47)39(40)49/h9-14,25-26,28H,7-8,15-24,27H2,1-6H3,(H2,50,51). The number of ether oxygens (including phenoxy) is 2. The molecular weight excluding hydrogens is 767 g/mol. The summed E-state index contributed by atoms with van der Waals surface area (Å²) >= 11 is 0. The molecule has 3 aromatic carbocycles. The number of carbonyl (C=O) groups excluding carboxylic acids is 3. The van der Waals surface area contributed by atoms with Crippen LogP contribution in [0.2, 0.25) is 0 Å². The van der Waals surface area contributed by atoms with E-state index < -0.39 is 46.0 Å². The SMILES string of the molecule is CCCN(CCC)C(=O)C1=Cc2ccc(-c3ccc(C(=O)N4CCN(CCC(C)(C)OCCC(C)(C)C(=O)Oc5c(F)c(F)cc(F)c5F)CC4)cc3)cc2N=C(N)C1. The predicted molar refractivity (Wildman–Crippen MR) is 220 cm³/mol. The molecule has 0 aromatic heterocycles. The Kier molecular flexibility index (Phi) is 14.7. The molecule has 14 heteroatoms. The number of rotatable bonds is 16. The average molecular weight is 822 g/mol. The van der Waals surface area contributed by atoms with Gasteiger partial charge < -0.3 is 25.0 Å². The number of hydrogen-bond donors (Lipinski definition) is 1. The summed E-state index contributed by atoms with van der Waals surface area (Å²) in [5, 5.41) is 0. The number of amidine groups is 1. The lowest BCUT2D eigenvalue weighted by molar-refractivity contribution is -0.146. The summed E-state index contributed by atoms with van der Waals surface area (Å²) in [6.45, 7) is 15.6. The molecular formula is C45H55F4N5O5. The first kappa shape index (κ1) is 45.0. The number of nitrogens with zero attached hydrogens (tertiary/aromatic N) is 4. The van der Waals surface area contributed by atoms with Gasteiger partial charge in [0, 0.05) is 81.6 Å². The minimum Gasteiger partial charge on any atom is -0.420 e. The van der Waals surface area contributed by atoms with Crippen molar-refractivity contribution in [3.05, 3.63) is 88.5 Å². The third-order valence-electron chi connectivity index (χ3n) is 10.7. The smallest absolute Gasteiger partial charge is 0.317 e. The Morgan fingerprint density at radius 2 is 1.44 bits per heavy atom. The maximum Gasteiger partial charge on any atom is 0.317 e. The first-order valence-corrected chi connectivity index (χ1v) is 20.2. The fourth-order valence-electron chi connectivity index (χ4n) is 6.98. The van der Waals surface area contributed by atoms with Crippen molar-refractivity contribution in [2.75, 3.05) is 52.4 Å². The van der Waals surface area contributed by atoms with Crippen molar-refractivity contribution in [1.29, 1.82) is 0 Å². The van der Waals surface area contributed by atoms with E-state index in [4.69, 9.17) is 15.2 Å². The van der Waals surface area contributed by atoms with E-state index in [0.29, 0.717) is 74.9 Å². The van der Waals surface area contributed by atoms with Crippen LogP contribution in [0.15, 0.2) is 59.1 Å². The third kappa shape index (κ3) is 11.4. The highest BCUT2D eigenvalue weighted by Gasteiger charge is 2.34. The van der Waals surface area contributed by atoms with Crippen LogP contribution in [0.5, 0.6) is 5.75 Å². The Morgan fingerprint density at radius 1 is 0.831 bits per heavy atom. The van der Waals surface area contributed by atoms with Crippen LogP contribution < -0.4 is 10.5 Å². The summed E-state index contributed by atoms with van der Waals surface area (Å²) in [5.41, 5.74) is 9.01. The Morgan fingerprint density at radius 3 is 2.05 bits per heavy atom. The highest BCUT2D eigenvalue weighted by Crippen LogP contribution is 2.34. The maximum atomic E-state index is 14.0. The molecule has 0 saturated carbocycles. The predicted octanol–water partition coefficient (Wildman–Crippen LogP) is 8.30. The fourth-order valence-corrected chi connectivity index (χ4v) is 6.98. The first-order chi connectivity index (χ1) is 27.9. The van der Waals surface area contributed by atoms with Gasteiger partial charge in [-0.1, -0.05) is 38.1 Å². The normalized spacial score (nSPS) is 14.9. The number of benzene rings is 3. The van der Waals surface area contributed by atoms with Crippen LogP contribution in [0.1, 0.15) is 89.6 Å². The number of amides is 2. The molecule has 0 aliphatic carbocycles. The molecule has 5 rings (SSSR count). The zero-order valence-electron chi connectivity index (χ0n) is 34.8. The van der Waals surface area contributed by atoms with E-state index in [0.717, 1.165) is 29.5 Å². The molecule has 59 heavy (non-hydrogen) atoms. The van der Waals surface area contributed by atoms with Crippen LogP contribution in [0.25, 0.3) is 17.2 Å². The van der Waals surface area contributed by atoms with Gasteiger partial charge in [0.1, 0.15) is 5.84 Å². The molecule has 0 atom stereocenters. The molecule has 2 heterocycles. The largest absolute Gasteiger partial charge is 0.420 e. The number of aliphatic imine (C=N–C) groups is 1. The van der Waals surface area contributed by atoms with E-state index in [1.807, 2.05) is 72.2 Å². The Labute approximate surface area is 344 Å². The molecule has 0 spiro atoms. The van der Waals surface area contributed by atoms with Crippen molar-refractivity contribution in [2.24, 2.45) is 16.1 Å². The van der Waals surface area contributed by atoms with E-state index >= 15 is 0 Å². The van der Waals surface area contributed by atoms with Crippen LogP contribution in [0.3, 0.4) is 0 Å². The van der Waals surface area contributed by atoms with Gasteiger partial charge in [0.2, 0.25) is 23.3 Å². The van der Waals surface area contributed by atoms with E-state index in [1.165, 1.54) is 13.8 Å². The average Bonchev–Trinajstić information content (AvgIpc) is 3.37. The van der Waals surface area contributed by atoms with Crippen LogP contribution >= 0.6 is 0 Å². The topological polar surface area (TPSA) is 118 Å². The molecule has 0 radical (unpaired) electrons. The van der Waals surface area contributed by atoms with E-state index in [1.54, 1.807) is 0 Å². The second kappa shape index (κ2) is 19.3. The molecule has 0 bridgehead atoms. The van der Waals surface area contributed by atoms with Crippen molar-refractivity contribution in [1.82, 2.24) is 14.7 Å². The van der Waals surface area contributed by atoms with E-state index in [2.05, 4.69) is 23.7 Å². The maximum absolute atomic E-state index is 14.0. The fraction of sp³-hybridized carbons (Fsp3) is 0.467. The van der Waals surface area contributed by atoms with Crippen LogP contribution in [0, 0.1) is 28.7 Å². The van der Waals surface area contributed by atoms with Crippen molar-refractivity contribution in [3.8, 4) is 16.9 Å². The summed E-state index contributed by atoms with van der Waals surface area (Å²) in [5.74, 6) is -9.04. The molecule has 0 unspecified atom stereocenters. The highest BCUT2D eigenvalue weighted by atomic mass is 19.2. The Hall–Kier alpha value is -5.08. The van der Waals surface area contributed by atoms with Gasteiger partial charge >= 0.3 is 5.97 Å². The molecule has 2 aliphatic heterocycles. The zero-order chi connectivity index (χ0) is 43.1. The number of esters is 1. The lowest BCUT2D eigenvalue weighted by atomic mass is 9.90. The summed E-state index contributed by atoms with van der Waals surface area (Å²) in [6.07, 6.45) is 4.71. The minimum atomic E-state index is -1.78. The number of fused-ring (bicyclic) bond motifs is 1. The van der Waals surface area contributed by atoms with Crippen LogP contribution in [-0.4, -0.2) is 96.3 Å². The second-order valence-corrected chi connectivity index (χ2v) is 16.4. The molecule has 3 aromatic rings. The molecule has 2 N–H and O–H groups in total. The number of halogens is 4. The van der Waals surface area contributed by atoms with Crippen LogP contribution in [0.4, 0.5) is 23.2 Å². The molecule has 2 aliphatic rings. The molecule has 10 nitrogen and oxygen atoms in total. The first-order valence-electron chi connectivity index (χ1n) is 20.2. The number of carbonyl (C=O) groups is 3. The molecule has 2 amide bonds. The Balaban J connectivity index is 1.09. The van der Waals surface area contributed by atoms with Crippen molar-refractivity contribution < 1.29 is 41.4 Å². The van der Waals surface area contributed by atoms with Gasteiger partial charge in [-0.3, -0.25) is 19.3 Å². The van der Waals surface area contributed by atoms with Gasteiger partial charge in [-0.05, 0) is 88.8 Å². The lowest BCUT2D eigenvalue weighted by Gasteiger charge is -2.36. The molecule has 1 saturated heterocycles. The lowest BCUT2D eigenvalue weighted by Crippen LogP contribution is -2.49. The quantitative estimate of drug-likeness (QED) is 0.0669. The number of hydrogen-bond acceptors (Lipinski definition) is 8. The second-order valence-electron chi connectivity index (χ2n) is 16.4. The van der Waals surface area contributed by atoms with E-state index in [9.17, 15) is 31.9 Å². The van der Waals surface area contributed by atoms with Gasteiger partial charge in [0.15, 0.2) is 11.6 Å². The van der Waals surface area contributed by atoms with E-state index in [-0.39, 0.29) is 37.3 Å². The highest BCUT2D eigenvalue weighted by molar-refractivity contribution is 6.05. The van der Waals surface area contributed by atoms with Crippen molar-refractivity contribution in [3.63, 3.8) is 0 Å². The zero-order valence-corrected chi connectivity index (χ0v) is 34.8. The molecule has 1 fully saturated rings. The van der Waals surface area contributed by atoms with Gasteiger partial charge in [-0.15, -0.1) is 0 Å². The van der Waals surface area contributed by atoms with Crippen molar-refractivity contribution in [2.45, 2.75) is 79.2 Å². The van der Waals surface area contributed by atoms with Gasteiger partial charge in [0.05, 0.1) is 16.7 Å². The third-order valence-corrected chi connectivity index (χ3v) is 10.7. The summed E-state index contributed by atoms with van der Waals surface area (Å²) in [7, 11) is 0. The minimum absolute atomic E-state index is 0.00911. The summed E-state index contributed by atoms with van der Waals surface area (Å²) < 4.78 is 66.1.